The number of sulfonamides is 1. The molecule has 0 aliphatic carbocycles. The van der Waals surface area contributed by atoms with Crippen LogP contribution in [0.1, 0.15) is 12.1 Å². The average molecular weight is 258 g/mol. The first-order valence-corrected chi connectivity index (χ1v) is 5.42. The summed E-state index contributed by atoms with van der Waals surface area (Å²) in [7, 11) is -4.17. The second kappa shape index (κ2) is 3.87. The van der Waals surface area contributed by atoms with E-state index in [2.05, 4.69) is 4.98 Å². The molecule has 0 fully saturated rings. The SMILES string of the molecule is Nc1cc(C(F)F)nc(Cl)c1S(N)(=O)=O. The molecule has 0 saturated carbocycles. The number of nitrogen functional groups attached to an aromatic ring is 1. The zero-order chi connectivity index (χ0) is 11.8. The summed E-state index contributed by atoms with van der Waals surface area (Å²) in [6.45, 7) is 0. The van der Waals surface area contributed by atoms with Crippen molar-refractivity contribution in [2.24, 2.45) is 5.14 Å². The maximum Gasteiger partial charge on any atom is 0.280 e. The maximum absolute atomic E-state index is 12.2. The van der Waals surface area contributed by atoms with Crippen LogP contribution < -0.4 is 10.9 Å². The Morgan fingerprint density at radius 2 is 2.00 bits per heavy atom. The minimum Gasteiger partial charge on any atom is -0.397 e. The van der Waals surface area contributed by atoms with Crippen LogP contribution in [-0.2, 0) is 10.0 Å². The molecular formula is C6H6ClF2N3O2S. The van der Waals surface area contributed by atoms with Crippen LogP contribution in [0, 0.1) is 0 Å². The van der Waals surface area contributed by atoms with E-state index >= 15 is 0 Å². The molecule has 0 saturated heterocycles. The Bertz CT molecular complexity index is 468. The number of primary sulfonamides is 1. The average Bonchev–Trinajstić information content (AvgIpc) is 1.99. The summed E-state index contributed by atoms with van der Waals surface area (Å²) >= 11 is 5.38. The van der Waals surface area contributed by atoms with Gasteiger partial charge >= 0.3 is 0 Å². The first-order chi connectivity index (χ1) is 6.73. The zero-order valence-electron chi connectivity index (χ0n) is 7.12. The largest absolute Gasteiger partial charge is 0.397 e. The van der Waals surface area contributed by atoms with Crippen molar-refractivity contribution in [2.75, 3.05) is 5.73 Å². The first-order valence-electron chi connectivity index (χ1n) is 3.50. The minimum absolute atomic E-state index is 0.451. The van der Waals surface area contributed by atoms with Crippen LogP contribution in [-0.4, -0.2) is 13.4 Å². The lowest BCUT2D eigenvalue weighted by Gasteiger charge is -2.07. The molecular weight excluding hydrogens is 252 g/mol. The van der Waals surface area contributed by atoms with Crippen molar-refractivity contribution in [1.29, 1.82) is 0 Å². The number of aromatic nitrogens is 1. The van der Waals surface area contributed by atoms with Crippen molar-refractivity contribution >= 4 is 27.3 Å². The maximum atomic E-state index is 12.2. The molecule has 0 atom stereocenters. The Morgan fingerprint density at radius 3 is 2.33 bits per heavy atom. The van der Waals surface area contributed by atoms with Crippen molar-refractivity contribution in [3.8, 4) is 0 Å². The number of rotatable bonds is 2. The third-order valence-electron chi connectivity index (χ3n) is 1.49. The molecule has 0 spiro atoms. The van der Waals surface area contributed by atoms with Gasteiger partial charge in [-0.3, -0.25) is 0 Å². The van der Waals surface area contributed by atoms with Gasteiger partial charge in [0.15, 0.2) is 5.15 Å². The molecule has 1 aromatic rings. The first kappa shape index (κ1) is 12.1. The zero-order valence-corrected chi connectivity index (χ0v) is 8.69. The highest BCUT2D eigenvalue weighted by molar-refractivity contribution is 7.89. The fraction of sp³-hybridized carbons (Fsp3) is 0.167. The lowest BCUT2D eigenvalue weighted by atomic mass is 10.3. The van der Waals surface area contributed by atoms with Crippen molar-refractivity contribution in [3.63, 3.8) is 0 Å². The van der Waals surface area contributed by atoms with E-state index in [1.54, 1.807) is 0 Å². The molecule has 5 nitrogen and oxygen atoms in total. The molecule has 9 heteroatoms. The normalized spacial score (nSPS) is 12.1. The van der Waals surface area contributed by atoms with E-state index in [4.69, 9.17) is 22.5 Å². The number of halogens is 3. The molecule has 0 unspecified atom stereocenters. The predicted octanol–water partition coefficient (Wildman–Crippen LogP) is 0.902. The molecule has 1 aromatic heterocycles. The lowest BCUT2D eigenvalue weighted by molar-refractivity contribution is 0.146. The second-order valence-electron chi connectivity index (χ2n) is 2.60. The third-order valence-corrected chi connectivity index (χ3v) is 2.87. The van der Waals surface area contributed by atoms with Gasteiger partial charge < -0.3 is 5.73 Å². The summed E-state index contributed by atoms with van der Waals surface area (Å²) in [5.74, 6) is 0. The van der Waals surface area contributed by atoms with Crippen LogP contribution >= 0.6 is 11.6 Å². The second-order valence-corrected chi connectivity index (χ2v) is 4.46. The fourth-order valence-corrected chi connectivity index (χ4v) is 2.13. The van der Waals surface area contributed by atoms with Crippen molar-refractivity contribution in [3.05, 3.63) is 16.9 Å². The van der Waals surface area contributed by atoms with E-state index in [1.165, 1.54) is 0 Å². The summed E-state index contributed by atoms with van der Waals surface area (Å²) in [5.41, 5.74) is 4.07. The van der Waals surface area contributed by atoms with Crippen LogP contribution in [0.4, 0.5) is 14.5 Å². The molecule has 0 aliphatic heterocycles. The molecule has 84 valence electrons. The van der Waals surface area contributed by atoms with Crippen LogP contribution in [0.2, 0.25) is 5.15 Å². The summed E-state index contributed by atoms with van der Waals surface area (Å²) in [5, 5.41) is 4.11. The molecule has 0 aliphatic rings. The molecule has 1 rings (SSSR count). The number of nitrogens with zero attached hydrogens (tertiary/aromatic N) is 1. The van der Waals surface area contributed by atoms with Crippen LogP contribution in [0.15, 0.2) is 11.0 Å². The smallest absolute Gasteiger partial charge is 0.280 e. The molecule has 4 N–H and O–H groups in total. The van der Waals surface area contributed by atoms with Gasteiger partial charge in [-0.15, -0.1) is 0 Å². The highest BCUT2D eigenvalue weighted by Gasteiger charge is 2.21. The standard InChI is InChI=1S/C6H6ClF2N3O2S/c7-5-4(15(11,13)14)2(10)1-3(12-5)6(8)9/h1,6H,(H2,10,12)(H2,11,13,14). The fourth-order valence-electron chi connectivity index (χ4n) is 0.934. The van der Waals surface area contributed by atoms with Gasteiger partial charge in [0.1, 0.15) is 10.6 Å². The molecule has 0 amide bonds. The number of pyridine rings is 1. The van der Waals surface area contributed by atoms with Gasteiger partial charge in [0.2, 0.25) is 10.0 Å². The summed E-state index contributed by atoms with van der Waals surface area (Å²) in [6, 6.07) is 0.719. The van der Waals surface area contributed by atoms with Crippen LogP contribution in [0.25, 0.3) is 0 Å². The number of hydrogen-bond donors (Lipinski definition) is 2. The predicted molar refractivity (Wildman–Crippen MR) is 50.0 cm³/mol. The van der Waals surface area contributed by atoms with Gasteiger partial charge in [0, 0.05) is 0 Å². The van der Waals surface area contributed by atoms with Gasteiger partial charge in [0.05, 0.1) is 5.69 Å². The van der Waals surface area contributed by atoms with Crippen LogP contribution in [0.5, 0.6) is 0 Å². The molecule has 0 aromatic carbocycles. The lowest BCUT2D eigenvalue weighted by Crippen LogP contribution is -2.16. The van der Waals surface area contributed by atoms with E-state index in [0.717, 1.165) is 6.07 Å². The number of nitrogens with two attached hydrogens (primary N) is 2. The van der Waals surface area contributed by atoms with E-state index in [1.807, 2.05) is 0 Å². The van der Waals surface area contributed by atoms with Crippen molar-refractivity contribution < 1.29 is 17.2 Å². The van der Waals surface area contributed by atoms with E-state index in [9.17, 15) is 17.2 Å². The molecule has 0 bridgehead atoms. The van der Waals surface area contributed by atoms with Crippen molar-refractivity contribution in [2.45, 2.75) is 11.3 Å². The number of alkyl halides is 2. The number of anilines is 1. The van der Waals surface area contributed by atoms with Crippen molar-refractivity contribution in [1.82, 2.24) is 4.98 Å². The van der Waals surface area contributed by atoms with Gasteiger partial charge in [-0.2, -0.15) is 0 Å². The Hall–Kier alpha value is -0.990. The van der Waals surface area contributed by atoms with E-state index in [0.29, 0.717) is 0 Å². The van der Waals surface area contributed by atoms with Gasteiger partial charge in [0.25, 0.3) is 6.43 Å². The highest BCUT2D eigenvalue weighted by Crippen LogP contribution is 2.28. The highest BCUT2D eigenvalue weighted by atomic mass is 35.5. The van der Waals surface area contributed by atoms with E-state index < -0.39 is 37.9 Å². The van der Waals surface area contributed by atoms with Gasteiger partial charge in [-0.05, 0) is 6.07 Å². The van der Waals surface area contributed by atoms with Gasteiger partial charge in [-0.25, -0.2) is 27.3 Å². The minimum atomic E-state index is -4.17. The topological polar surface area (TPSA) is 99.1 Å². The summed E-state index contributed by atoms with van der Waals surface area (Å²) in [4.78, 5) is 2.53. The summed E-state index contributed by atoms with van der Waals surface area (Å²) in [6.07, 6.45) is -2.89. The monoisotopic (exact) mass is 257 g/mol. The molecule has 0 radical (unpaired) electrons. The molecule has 1 heterocycles. The Balaban J connectivity index is 3.48. The van der Waals surface area contributed by atoms with Gasteiger partial charge in [-0.1, -0.05) is 11.6 Å². The quantitative estimate of drug-likeness (QED) is 0.769. The Labute approximate surface area is 89.1 Å². The summed E-state index contributed by atoms with van der Waals surface area (Å²) < 4.78 is 46.3. The van der Waals surface area contributed by atoms with Crippen LogP contribution in [0.3, 0.4) is 0 Å². The third kappa shape index (κ3) is 2.52. The number of hydrogen-bond acceptors (Lipinski definition) is 4. The Morgan fingerprint density at radius 1 is 1.47 bits per heavy atom. The Kier molecular flexibility index (Phi) is 3.12. The molecule has 15 heavy (non-hydrogen) atoms. The van der Waals surface area contributed by atoms with E-state index in [-0.39, 0.29) is 0 Å².